The van der Waals surface area contributed by atoms with Gasteiger partial charge in [0.2, 0.25) is 11.8 Å². The number of carbonyl (C=O) groups is 1. The molecule has 16 heavy (non-hydrogen) atoms. The Labute approximate surface area is 96.2 Å². The summed E-state index contributed by atoms with van der Waals surface area (Å²) < 4.78 is 0. The highest BCUT2D eigenvalue weighted by Gasteiger charge is 2.07. The lowest BCUT2D eigenvalue weighted by Crippen LogP contribution is -2.21. The average molecular weight is 237 g/mol. The Bertz CT molecular complexity index is 524. The van der Waals surface area contributed by atoms with Crippen LogP contribution in [-0.4, -0.2) is 27.5 Å². The molecular weight excluding hydrogens is 226 g/mol. The van der Waals surface area contributed by atoms with Gasteiger partial charge in [0.25, 0.3) is 0 Å². The third-order valence-corrected chi connectivity index (χ3v) is 3.21. The fourth-order valence-corrected chi connectivity index (χ4v) is 2.37. The Morgan fingerprint density at radius 1 is 1.56 bits per heavy atom. The lowest BCUT2D eigenvalue weighted by Gasteiger charge is -1.98. The van der Waals surface area contributed by atoms with Crippen molar-refractivity contribution in [3.63, 3.8) is 0 Å². The molecule has 5 nitrogen and oxygen atoms in total. The molecule has 2 N–H and O–H groups in total. The number of amides is 1. The van der Waals surface area contributed by atoms with Crippen LogP contribution in [0.15, 0.2) is 12.4 Å². The van der Waals surface area contributed by atoms with Crippen LogP contribution in [-0.2, 0) is 11.2 Å². The van der Waals surface area contributed by atoms with Crippen LogP contribution in [0, 0.1) is 0 Å². The van der Waals surface area contributed by atoms with Gasteiger partial charge in [0.05, 0.1) is 5.39 Å². The first-order chi connectivity index (χ1) is 7.66. The van der Waals surface area contributed by atoms with Crippen molar-refractivity contribution < 1.29 is 9.90 Å². The van der Waals surface area contributed by atoms with Crippen LogP contribution < -0.4 is 5.32 Å². The van der Waals surface area contributed by atoms with Gasteiger partial charge < -0.3 is 10.4 Å². The van der Waals surface area contributed by atoms with E-state index in [-0.39, 0.29) is 11.8 Å². The predicted molar refractivity (Wildman–Crippen MR) is 61.5 cm³/mol. The lowest BCUT2D eigenvalue weighted by atomic mass is 10.3. The van der Waals surface area contributed by atoms with E-state index >= 15 is 0 Å². The number of carbonyl (C=O) groups excluding carboxylic acids is 1. The standard InChI is InChI=1S/C10H11N3O2S/c1-6(14)11-3-2-7-4-8-9(15)12-5-13-10(8)16-7/h4-5H,2-3H2,1H3,(H,11,14)(H,12,13,15). The van der Waals surface area contributed by atoms with Crippen LogP contribution >= 0.6 is 11.3 Å². The summed E-state index contributed by atoms with van der Waals surface area (Å²) in [6.45, 7) is 2.08. The highest BCUT2D eigenvalue weighted by Crippen LogP contribution is 2.28. The van der Waals surface area contributed by atoms with E-state index in [1.165, 1.54) is 24.6 Å². The SMILES string of the molecule is CC(=O)NCCc1cc2c(O)ncnc2s1. The maximum absolute atomic E-state index is 10.7. The fraction of sp³-hybridized carbons (Fsp3) is 0.300. The second-order valence-electron chi connectivity index (χ2n) is 3.36. The van der Waals surface area contributed by atoms with Crippen molar-refractivity contribution >= 4 is 27.5 Å². The van der Waals surface area contributed by atoms with E-state index in [0.29, 0.717) is 11.9 Å². The Morgan fingerprint density at radius 3 is 3.06 bits per heavy atom. The third kappa shape index (κ3) is 2.27. The quantitative estimate of drug-likeness (QED) is 0.837. The number of fused-ring (bicyclic) bond motifs is 1. The molecule has 0 saturated carbocycles. The second kappa shape index (κ2) is 4.44. The summed E-state index contributed by atoms with van der Waals surface area (Å²) in [5.41, 5.74) is 0. The van der Waals surface area contributed by atoms with Gasteiger partial charge in [-0.05, 0) is 12.5 Å². The van der Waals surface area contributed by atoms with Gasteiger partial charge in [-0.15, -0.1) is 11.3 Å². The summed E-state index contributed by atoms with van der Waals surface area (Å²) in [6.07, 6.45) is 2.08. The van der Waals surface area contributed by atoms with Crippen LogP contribution in [0.2, 0.25) is 0 Å². The molecule has 0 aromatic carbocycles. The van der Waals surface area contributed by atoms with Gasteiger partial charge in [0.15, 0.2) is 0 Å². The van der Waals surface area contributed by atoms with Crippen LogP contribution in [0.3, 0.4) is 0 Å². The molecule has 0 bridgehead atoms. The predicted octanol–water partition coefficient (Wildman–Crippen LogP) is 1.08. The van der Waals surface area contributed by atoms with E-state index in [1.54, 1.807) is 0 Å². The van der Waals surface area contributed by atoms with Crippen LogP contribution in [0.25, 0.3) is 10.2 Å². The molecule has 0 aliphatic heterocycles. The van der Waals surface area contributed by atoms with Crippen molar-refractivity contribution in [3.05, 3.63) is 17.3 Å². The molecule has 1 amide bonds. The summed E-state index contributed by atoms with van der Waals surface area (Å²) in [5, 5.41) is 12.9. The summed E-state index contributed by atoms with van der Waals surface area (Å²) in [7, 11) is 0. The minimum atomic E-state index is -0.0382. The number of rotatable bonds is 3. The first-order valence-corrected chi connectivity index (χ1v) is 5.65. The first-order valence-electron chi connectivity index (χ1n) is 4.83. The van der Waals surface area contributed by atoms with Crippen molar-refractivity contribution in [2.75, 3.05) is 6.54 Å². The largest absolute Gasteiger partial charge is 0.493 e. The molecule has 2 aromatic rings. The zero-order chi connectivity index (χ0) is 11.5. The molecule has 0 fully saturated rings. The summed E-state index contributed by atoms with van der Waals surface area (Å²) in [4.78, 5) is 20.3. The first kappa shape index (κ1) is 10.8. The van der Waals surface area contributed by atoms with Gasteiger partial charge in [-0.2, -0.15) is 0 Å². The molecule has 0 spiro atoms. The maximum atomic E-state index is 10.7. The molecule has 6 heteroatoms. The molecule has 2 rings (SSSR count). The van der Waals surface area contributed by atoms with Crippen molar-refractivity contribution in [2.24, 2.45) is 0 Å². The van der Waals surface area contributed by atoms with Gasteiger partial charge in [-0.3, -0.25) is 4.79 Å². The number of nitrogens with zero attached hydrogens (tertiary/aromatic N) is 2. The number of nitrogens with one attached hydrogen (secondary N) is 1. The van der Waals surface area contributed by atoms with Gasteiger partial charge in [0.1, 0.15) is 11.2 Å². The number of aromatic hydroxyl groups is 1. The highest BCUT2D eigenvalue weighted by molar-refractivity contribution is 7.18. The zero-order valence-electron chi connectivity index (χ0n) is 8.73. The minimum Gasteiger partial charge on any atom is -0.493 e. The van der Waals surface area contributed by atoms with Gasteiger partial charge in [-0.1, -0.05) is 0 Å². The third-order valence-electron chi connectivity index (χ3n) is 2.10. The molecule has 2 aromatic heterocycles. The molecule has 2 heterocycles. The zero-order valence-corrected chi connectivity index (χ0v) is 9.54. The van der Waals surface area contributed by atoms with Crippen molar-refractivity contribution in [3.8, 4) is 5.88 Å². The lowest BCUT2D eigenvalue weighted by molar-refractivity contribution is -0.118. The van der Waals surface area contributed by atoms with E-state index < -0.39 is 0 Å². The van der Waals surface area contributed by atoms with Crippen LogP contribution in [0.1, 0.15) is 11.8 Å². The smallest absolute Gasteiger partial charge is 0.222 e. The highest BCUT2D eigenvalue weighted by atomic mass is 32.1. The average Bonchev–Trinajstić information content (AvgIpc) is 2.61. The Morgan fingerprint density at radius 2 is 2.38 bits per heavy atom. The minimum absolute atomic E-state index is 0.00651. The number of hydrogen-bond acceptors (Lipinski definition) is 5. The molecular formula is C10H11N3O2S. The molecule has 84 valence electrons. The topological polar surface area (TPSA) is 75.1 Å². The Hall–Kier alpha value is -1.69. The van der Waals surface area contributed by atoms with Gasteiger partial charge >= 0.3 is 0 Å². The van der Waals surface area contributed by atoms with Crippen LogP contribution in [0.4, 0.5) is 0 Å². The van der Waals surface area contributed by atoms with E-state index in [4.69, 9.17) is 0 Å². The summed E-state index contributed by atoms with van der Waals surface area (Å²) >= 11 is 1.50. The molecule has 0 aliphatic carbocycles. The van der Waals surface area contributed by atoms with Crippen LogP contribution in [0.5, 0.6) is 5.88 Å². The number of aromatic nitrogens is 2. The van der Waals surface area contributed by atoms with Gasteiger partial charge in [0, 0.05) is 18.3 Å². The van der Waals surface area contributed by atoms with E-state index in [2.05, 4.69) is 15.3 Å². The summed E-state index contributed by atoms with van der Waals surface area (Å²) in [6, 6.07) is 1.86. The van der Waals surface area contributed by atoms with Gasteiger partial charge in [-0.25, -0.2) is 9.97 Å². The molecule has 0 radical (unpaired) electrons. The number of thiophene rings is 1. The van der Waals surface area contributed by atoms with Crippen molar-refractivity contribution in [1.82, 2.24) is 15.3 Å². The monoisotopic (exact) mass is 237 g/mol. The maximum Gasteiger partial charge on any atom is 0.222 e. The molecule has 0 atom stereocenters. The second-order valence-corrected chi connectivity index (χ2v) is 4.48. The summed E-state index contributed by atoms with van der Waals surface area (Å²) in [5.74, 6) is -0.0317. The number of hydrogen-bond donors (Lipinski definition) is 2. The Kier molecular flexibility index (Phi) is 3.00. The normalized spacial score (nSPS) is 10.6. The fourth-order valence-electron chi connectivity index (χ4n) is 1.38. The molecule has 0 saturated heterocycles. The van der Waals surface area contributed by atoms with E-state index in [1.807, 2.05) is 6.07 Å². The van der Waals surface area contributed by atoms with E-state index in [0.717, 1.165) is 16.1 Å². The molecule has 0 unspecified atom stereocenters. The van der Waals surface area contributed by atoms with Crippen molar-refractivity contribution in [1.29, 1.82) is 0 Å². The van der Waals surface area contributed by atoms with E-state index in [9.17, 15) is 9.90 Å². The Balaban J connectivity index is 2.14. The molecule has 0 aliphatic rings. The van der Waals surface area contributed by atoms with Crippen molar-refractivity contribution in [2.45, 2.75) is 13.3 Å².